The quantitative estimate of drug-likeness (QED) is 0.779. The summed E-state index contributed by atoms with van der Waals surface area (Å²) in [4.78, 5) is 2.30. The van der Waals surface area contributed by atoms with Gasteiger partial charge in [0.1, 0.15) is 6.10 Å². The number of aryl methyl sites for hydroxylation is 1. The first-order chi connectivity index (χ1) is 5.77. The third-order valence-electron chi connectivity index (χ3n) is 1.68. The van der Waals surface area contributed by atoms with Crippen LogP contribution in [-0.2, 0) is 11.2 Å². The summed E-state index contributed by atoms with van der Waals surface area (Å²) >= 11 is 1.65. The Balaban J connectivity index is 2.61. The van der Waals surface area contributed by atoms with Gasteiger partial charge in [0, 0.05) is 16.9 Å². The predicted molar refractivity (Wildman–Crippen MR) is 50.5 cm³/mol. The minimum absolute atomic E-state index is 0.379. The zero-order valence-corrected chi connectivity index (χ0v) is 8.23. The van der Waals surface area contributed by atoms with E-state index in [-0.39, 0.29) is 0 Å². The lowest BCUT2D eigenvalue weighted by molar-refractivity contribution is 0.0666. The van der Waals surface area contributed by atoms with Gasteiger partial charge in [0.15, 0.2) is 0 Å². The summed E-state index contributed by atoms with van der Waals surface area (Å²) in [5, 5.41) is 9.51. The summed E-state index contributed by atoms with van der Waals surface area (Å²) in [6, 6.07) is 4.02. The van der Waals surface area contributed by atoms with E-state index in [9.17, 15) is 5.11 Å². The molecule has 1 rings (SSSR count). The second-order valence-electron chi connectivity index (χ2n) is 2.63. The zero-order chi connectivity index (χ0) is 8.97. The number of thiophene rings is 1. The van der Waals surface area contributed by atoms with E-state index in [1.807, 2.05) is 6.07 Å². The molecule has 12 heavy (non-hydrogen) atoms. The van der Waals surface area contributed by atoms with E-state index in [2.05, 4.69) is 13.0 Å². The maximum atomic E-state index is 9.51. The summed E-state index contributed by atoms with van der Waals surface area (Å²) in [6.45, 7) is 2.49. The molecule has 1 heterocycles. The highest BCUT2D eigenvalue weighted by Gasteiger charge is 2.08. The molecular weight excluding hydrogens is 172 g/mol. The van der Waals surface area contributed by atoms with Gasteiger partial charge in [-0.2, -0.15) is 0 Å². The molecule has 0 saturated heterocycles. The van der Waals surface area contributed by atoms with Crippen molar-refractivity contribution in [1.82, 2.24) is 0 Å². The van der Waals surface area contributed by atoms with Crippen LogP contribution in [0.15, 0.2) is 12.1 Å². The van der Waals surface area contributed by atoms with E-state index in [1.165, 1.54) is 4.88 Å². The second-order valence-corrected chi connectivity index (χ2v) is 3.83. The molecule has 1 aromatic rings. The monoisotopic (exact) mass is 186 g/mol. The SMILES string of the molecule is CCc1ccc(C(O)COC)s1. The predicted octanol–water partition coefficient (Wildman–Crippen LogP) is 1.99. The molecule has 3 heteroatoms. The van der Waals surface area contributed by atoms with E-state index in [1.54, 1.807) is 18.4 Å². The van der Waals surface area contributed by atoms with E-state index in [4.69, 9.17) is 4.74 Å². The summed E-state index contributed by atoms with van der Waals surface area (Å²) in [5.74, 6) is 0. The fraction of sp³-hybridized carbons (Fsp3) is 0.556. The average molecular weight is 186 g/mol. The van der Waals surface area contributed by atoms with Gasteiger partial charge in [0.2, 0.25) is 0 Å². The number of hydrogen-bond donors (Lipinski definition) is 1. The normalized spacial score (nSPS) is 13.2. The van der Waals surface area contributed by atoms with Crippen LogP contribution in [0.5, 0.6) is 0 Å². The molecular formula is C9H14O2S. The van der Waals surface area contributed by atoms with Crippen molar-refractivity contribution in [2.45, 2.75) is 19.4 Å². The van der Waals surface area contributed by atoms with E-state index in [0.29, 0.717) is 6.61 Å². The van der Waals surface area contributed by atoms with Crippen LogP contribution in [0.2, 0.25) is 0 Å². The van der Waals surface area contributed by atoms with Crippen LogP contribution < -0.4 is 0 Å². The molecule has 0 saturated carbocycles. The fourth-order valence-electron chi connectivity index (χ4n) is 1.00. The Hall–Kier alpha value is -0.380. The van der Waals surface area contributed by atoms with Crippen molar-refractivity contribution in [1.29, 1.82) is 0 Å². The maximum absolute atomic E-state index is 9.51. The lowest BCUT2D eigenvalue weighted by atomic mass is 10.3. The zero-order valence-electron chi connectivity index (χ0n) is 7.41. The number of ether oxygens (including phenoxy) is 1. The van der Waals surface area contributed by atoms with Crippen LogP contribution in [0.1, 0.15) is 22.8 Å². The van der Waals surface area contributed by atoms with Crippen molar-refractivity contribution >= 4 is 11.3 Å². The van der Waals surface area contributed by atoms with Gasteiger partial charge in [-0.3, -0.25) is 0 Å². The van der Waals surface area contributed by atoms with Gasteiger partial charge < -0.3 is 9.84 Å². The number of aliphatic hydroxyl groups is 1. The van der Waals surface area contributed by atoms with Crippen LogP contribution in [0, 0.1) is 0 Å². The van der Waals surface area contributed by atoms with Crippen LogP contribution in [-0.4, -0.2) is 18.8 Å². The Morgan fingerprint density at radius 2 is 2.33 bits per heavy atom. The molecule has 0 aliphatic heterocycles. The van der Waals surface area contributed by atoms with Gasteiger partial charge in [0.05, 0.1) is 6.61 Å². The van der Waals surface area contributed by atoms with Gasteiger partial charge in [-0.25, -0.2) is 0 Å². The first kappa shape index (κ1) is 9.71. The lowest BCUT2D eigenvalue weighted by Crippen LogP contribution is -2.02. The molecule has 0 bridgehead atoms. The number of rotatable bonds is 4. The fourth-order valence-corrected chi connectivity index (χ4v) is 1.93. The highest BCUT2D eigenvalue weighted by atomic mass is 32.1. The molecule has 0 radical (unpaired) electrons. The van der Waals surface area contributed by atoms with Crippen LogP contribution in [0.3, 0.4) is 0 Å². The average Bonchev–Trinajstić information content (AvgIpc) is 2.52. The first-order valence-electron chi connectivity index (χ1n) is 4.03. The maximum Gasteiger partial charge on any atom is 0.111 e. The Morgan fingerprint density at radius 3 is 2.83 bits per heavy atom. The van der Waals surface area contributed by atoms with Crippen molar-refractivity contribution < 1.29 is 9.84 Å². The number of aliphatic hydroxyl groups excluding tert-OH is 1. The smallest absolute Gasteiger partial charge is 0.111 e. The van der Waals surface area contributed by atoms with Crippen molar-refractivity contribution in [2.75, 3.05) is 13.7 Å². The molecule has 0 amide bonds. The van der Waals surface area contributed by atoms with Gasteiger partial charge in [-0.05, 0) is 18.6 Å². The van der Waals surface area contributed by atoms with Gasteiger partial charge in [0.25, 0.3) is 0 Å². The van der Waals surface area contributed by atoms with Gasteiger partial charge in [-0.15, -0.1) is 11.3 Å². The van der Waals surface area contributed by atoms with Crippen molar-refractivity contribution in [3.05, 3.63) is 21.9 Å². The topological polar surface area (TPSA) is 29.5 Å². The summed E-state index contributed by atoms with van der Waals surface area (Å²) < 4.78 is 4.86. The third-order valence-corrected chi connectivity index (χ3v) is 3.01. The Labute approximate surface area is 76.8 Å². The van der Waals surface area contributed by atoms with E-state index >= 15 is 0 Å². The number of hydrogen-bond acceptors (Lipinski definition) is 3. The molecule has 68 valence electrons. The largest absolute Gasteiger partial charge is 0.385 e. The van der Waals surface area contributed by atoms with Crippen LogP contribution in [0.25, 0.3) is 0 Å². The Bertz CT molecular complexity index is 232. The van der Waals surface area contributed by atoms with Crippen molar-refractivity contribution in [3.63, 3.8) is 0 Å². The van der Waals surface area contributed by atoms with E-state index in [0.717, 1.165) is 11.3 Å². The highest BCUT2D eigenvalue weighted by Crippen LogP contribution is 2.23. The summed E-state index contributed by atoms with van der Waals surface area (Å²) in [5.41, 5.74) is 0. The van der Waals surface area contributed by atoms with Crippen LogP contribution >= 0.6 is 11.3 Å². The molecule has 0 spiro atoms. The first-order valence-corrected chi connectivity index (χ1v) is 4.85. The molecule has 1 unspecified atom stereocenters. The van der Waals surface area contributed by atoms with Crippen molar-refractivity contribution in [2.24, 2.45) is 0 Å². The van der Waals surface area contributed by atoms with Crippen molar-refractivity contribution in [3.8, 4) is 0 Å². The molecule has 1 N–H and O–H groups in total. The molecule has 1 atom stereocenters. The third kappa shape index (κ3) is 2.30. The lowest BCUT2D eigenvalue weighted by Gasteiger charge is -2.05. The molecule has 0 aromatic carbocycles. The minimum Gasteiger partial charge on any atom is -0.385 e. The molecule has 1 aromatic heterocycles. The second kappa shape index (κ2) is 4.60. The highest BCUT2D eigenvalue weighted by molar-refractivity contribution is 7.12. The Morgan fingerprint density at radius 1 is 1.58 bits per heavy atom. The summed E-state index contributed by atoms with van der Waals surface area (Å²) in [6.07, 6.45) is 0.574. The molecule has 0 fully saturated rings. The molecule has 0 aliphatic rings. The minimum atomic E-state index is -0.458. The summed E-state index contributed by atoms with van der Waals surface area (Å²) in [7, 11) is 1.59. The molecule has 0 aliphatic carbocycles. The van der Waals surface area contributed by atoms with Crippen LogP contribution in [0.4, 0.5) is 0 Å². The Kier molecular flexibility index (Phi) is 3.72. The van der Waals surface area contributed by atoms with Gasteiger partial charge >= 0.3 is 0 Å². The number of methoxy groups -OCH3 is 1. The van der Waals surface area contributed by atoms with E-state index < -0.39 is 6.10 Å². The van der Waals surface area contributed by atoms with Gasteiger partial charge in [-0.1, -0.05) is 6.92 Å². The standard InChI is InChI=1S/C9H14O2S/c1-3-7-4-5-9(12-7)8(10)6-11-2/h4-5,8,10H,3,6H2,1-2H3. The molecule has 2 nitrogen and oxygen atoms in total.